The zero-order valence-electron chi connectivity index (χ0n) is 26.8. The third-order valence-corrected chi connectivity index (χ3v) is 8.63. The van der Waals surface area contributed by atoms with Gasteiger partial charge in [-0.15, -0.1) is 6.58 Å². The largest absolute Gasteiger partial charge is 0.497 e. The number of aromatic nitrogens is 3. The highest BCUT2D eigenvalue weighted by molar-refractivity contribution is 6.35. The van der Waals surface area contributed by atoms with Crippen molar-refractivity contribution >= 4 is 34.3 Å². The lowest BCUT2D eigenvalue weighted by Gasteiger charge is -2.36. The first-order valence-corrected chi connectivity index (χ1v) is 15.8. The molecule has 0 unspecified atom stereocenters. The van der Waals surface area contributed by atoms with Crippen LogP contribution in [0.25, 0.3) is 22.2 Å². The van der Waals surface area contributed by atoms with Gasteiger partial charge in [-0.2, -0.15) is 4.98 Å². The maximum atomic E-state index is 14.2. The number of nitrogens with zero attached hydrogens (tertiary/aromatic N) is 5. The van der Waals surface area contributed by atoms with Gasteiger partial charge in [0.2, 0.25) is 5.95 Å². The third kappa shape index (κ3) is 7.63. The molecule has 4 aromatic rings. The lowest BCUT2D eigenvalue weighted by Crippen LogP contribution is -2.46. The van der Waals surface area contributed by atoms with Crippen molar-refractivity contribution in [3.05, 3.63) is 94.5 Å². The van der Waals surface area contributed by atoms with E-state index in [0.717, 1.165) is 55.1 Å². The molecule has 242 valence electrons. The van der Waals surface area contributed by atoms with Crippen LogP contribution in [0.4, 0.5) is 11.6 Å². The quantitative estimate of drug-likeness (QED) is 0.172. The second kappa shape index (κ2) is 15.2. The maximum Gasteiger partial charge on any atom is 0.260 e. The van der Waals surface area contributed by atoms with Crippen LogP contribution < -0.4 is 25.7 Å². The van der Waals surface area contributed by atoms with E-state index in [4.69, 9.17) is 26.1 Å². The zero-order valence-corrected chi connectivity index (χ0v) is 27.6. The highest BCUT2D eigenvalue weighted by atomic mass is 35.5. The number of rotatable bonds is 14. The predicted octanol–water partition coefficient (Wildman–Crippen LogP) is 5.53. The Hall–Kier alpha value is -4.54. The number of fused-ring (bicyclic) bond motifs is 1. The number of halogens is 1. The number of hydrogen-bond donors (Lipinski definition) is 2. The first-order valence-electron chi connectivity index (χ1n) is 15.4. The van der Waals surface area contributed by atoms with Crippen LogP contribution in [-0.4, -0.2) is 84.4 Å². The molecule has 2 aromatic heterocycles. The number of anilines is 2. The number of piperazine rings is 1. The van der Waals surface area contributed by atoms with Gasteiger partial charge >= 0.3 is 0 Å². The molecular formula is C35H42ClN7O3. The molecule has 0 bridgehead atoms. The predicted molar refractivity (Wildman–Crippen MR) is 187 cm³/mol. The van der Waals surface area contributed by atoms with E-state index >= 15 is 0 Å². The Morgan fingerprint density at radius 2 is 1.78 bits per heavy atom. The van der Waals surface area contributed by atoms with Gasteiger partial charge < -0.3 is 25.0 Å². The van der Waals surface area contributed by atoms with Crippen molar-refractivity contribution in [2.75, 3.05) is 70.7 Å². The van der Waals surface area contributed by atoms with Crippen molar-refractivity contribution in [1.29, 1.82) is 0 Å². The first-order chi connectivity index (χ1) is 22.3. The monoisotopic (exact) mass is 643 g/mol. The minimum absolute atomic E-state index is 0.214. The summed E-state index contributed by atoms with van der Waals surface area (Å²) in [6.45, 7) is 16.4. The molecule has 0 radical (unpaired) electrons. The molecule has 0 aliphatic carbocycles. The Kier molecular flexibility index (Phi) is 10.8. The number of methoxy groups -OCH3 is 2. The average Bonchev–Trinajstić information content (AvgIpc) is 3.07. The number of pyridine rings is 1. The SMILES string of the molecule is C=CCNc1ccc(CCn2c(=O)c(-c3cc(OC)cc(OC)c3Cl)cc3cnc(NCCN4CCN(C(=C)C)CC4)nc32)cc1. The molecule has 0 atom stereocenters. The summed E-state index contributed by atoms with van der Waals surface area (Å²) in [5.74, 6) is 1.43. The zero-order chi connectivity index (χ0) is 32.6. The number of allylic oxidation sites excluding steroid dienone is 1. The Balaban J connectivity index is 1.44. The fourth-order valence-electron chi connectivity index (χ4n) is 5.58. The van der Waals surface area contributed by atoms with Gasteiger partial charge in [-0.25, -0.2) is 4.98 Å². The summed E-state index contributed by atoms with van der Waals surface area (Å²) in [5.41, 5.74) is 4.49. The number of benzene rings is 2. The van der Waals surface area contributed by atoms with Gasteiger partial charge in [0.05, 0.1) is 19.2 Å². The van der Waals surface area contributed by atoms with Crippen LogP contribution in [0.15, 0.2) is 78.4 Å². The lowest BCUT2D eigenvalue weighted by molar-refractivity contribution is 0.164. The molecule has 2 aromatic carbocycles. The molecule has 0 spiro atoms. The normalized spacial score (nSPS) is 13.4. The fraction of sp³-hybridized carbons (Fsp3) is 0.343. The molecule has 1 fully saturated rings. The van der Waals surface area contributed by atoms with Crippen LogP contribution in [0.1, 0.15) is 12.5 Å². The highest BCUT2D eigenvalue weighted by Crippen LogP contribution is 2.38. The van der Waals surface area contributed by atoms with Crippen LogP contribution in [0, 0.1) is 0 Å². The van der Waals surface area contributed by atoms with E-state index in [1.165, 1.54) is 7.11 Å². The molecule has 1 aliphatic heterocycles. The van der Waals surface area contributed by atoms with Gasteiger partial charge in [0, 0.05) is 92.5 Å². The van der Waals surface area contributed by atoms with E-state index in [9.17, 15) is 4.79 Å². The maximum absolute atomic E-state index is 14.2. The smallest absolute Gasteiger partial charge is 0.260 e. The molecule has 46 heavy (non-hydrogen) atoms. The van der Waals surface area contributed by atoms with Gasteiger partial charge in [-0.1, -0.05) is 36.4 Å². The summed E-state index contributed by atoms with van der Waals surface area (Å²) in [4.78, 5) is 28.4. The van der Waals surface area contributed by atoms with E-state index in [1.54, 1.807) is 36.1 Å². The van der Waals surface area contributed by atoms with Crippen LogP contribution >= 0.6 is 11.6 Å². The van der Waals surface area contributed by atoms with Crippen molar-refractivity contribution in [1.82, 2.24) is 24.3 Å². The molecule has 0 amide bonds. The molecular weight excluding hydrogens is 602 g/mol. The minimum Gasteiger partial charge on any atom is -0.497 e. The van der Waals surface area contributed by atoms with Crippen molar-refractivity contribution in [2.24, 2.45) is 0 Å². The summed E-state index contributed by atoms with van der Waals surface area (Å²) in [6, 6.07) is 13.4. The van der Waals surface area contributed by atoms with E-state index in [-0.39, 0.29) is 5.56 Å². The summed E-state index contributed by atoms with van der Waals surface area (Å²) >= 11 is 6.75. The van der Waals surface area contributed by atoms with Crippen molar-refractivity contribution in [2.45, 2.75) is 19.9 Å². The van der Waals surface area contributed by atoms with Gasteiger partial charge in [0.1, 0.15) is 17.1 Å². The fourth-order valence-corrected chi connectivity index (χ4v) is 5.87. The first kappa shape index (κ1) is 32.8. The molecule has 1 aliphatic rings. The van der Waals surface area contributed by atoms with E-state index in [0.29, 0.717) is 65.3 Å². The number of aryl methyl sites for hydroxylation is 2. The van der Waals surface area contributed by atoms with Gasteiger partial charge in [0.25, 0.3) is 5.56 Å². The van der Waals surface area contributed by atoms with Crippen LogP contribution in [0.2, 0.25) is 5.02 Å². The van der Waals surface area contributed by atoms with Crippen molar-refractivity contribution in [3.63, 3.8) is 0 Å². The molecule has 0 saturated carbocycles. The second-order valence-corrected chi connectivity index (χ2v) is 11.7. The van der Waals surface area contributed by atoms with E-state index < -0.39 is 0 Å². The average molecular weight is 644 g/mol. The number of ether oxygens (including phenoxy) is 2. The van der Waals surface area contributed by atoms with Crippen LogP contribution in [-0.2, 0) is 13.0 Å². The van der Waals surface area contributed by atoms with Crippen molar-refractivity contribution in [3.8, 4) is 22.6 Å². The second-order valence-electron chi connectivity index (χ2n) is 11.3. The van der Waals surface area contributed by atoms with Crippen LogP contribution in [0.3, 0.4) is 0 Å². The Morgan fingerprint density at radius 1 is 1.02 bits per heavy atom. The molecule has 3 heterocycles. The van der Waals surface area contributed by atoms with Gasteiger partial charge in [0.15, 0.2) is 0 Å². The third-order valence-electron chi connectivity index (χ3n) is 8.24. The lowest BCUT2D eigenvalue weighted by atomic mass is 10.0. The minimum atomic E-state index is -0.214. The molecule has 10 nitrogen and oxygen atoms in total. The Labute approximate surface area is 275 Å². The summed E-state index contributed by atoms with van der Waals surface area (Å²) in [5, 5.41) is 7.71. The highest BCUT2D eigenvalue weighted by Gasteiger charge is 2.20. The molecule has 1 saturated heterocycles. The molecule has 11 heteroatoms. The number of nitrogens with one attached hydrogen (secondary N) is 2. The van der Waals surface area contributed by atoms with Crippen LogP contribution in [0.5, 0.6) is 11.5 Å². The van der Waals surface area contributed by atoms with Gasteiger partial charge in [-0.05, 0) is 43.2 Å². The van der Waals surface area contributed by atoms with Gasteiger partial charge in [-0.3, -0.25) is 14.3 Å². The standard InChI is InChI=1S/C35H42ClN7O3/c1-6-12-37-27-9-7-25(8-10-27)11-14-43-33-26(20-30(34(43)44)29-21-28(45-4)22-31(46-5)32(29)36)23-39-35(40-33)38-13-15-41-16-18-42(19-17-41)24(2)3/h6-10,20-23,37H,1-2,11-19H2,3-5H3,(H,38,39,40). The summed E-state index contributed by atoms with van der Waals surface area (Å²) in [7, 11) is 3.10. The number of hydrogen-bond acceptors (Lipinski definition) is 9. The van der Waals surface area contributed by atoms with Crippen molar-refractivity contribution < 1.29 is 9.47 Å². The Bertz CT molecular complexity index is 1750. The summed E-state index contributed by atoms with van der Waals surface area (Å²) in [6.07, 6.45) is 4.19. The Morgan fingerprint density at radius 3 is 2.46 bits per heavy atom. The van der Waals surface area contributed by atoms with E-state index in [1.807, 2.05) is 18.2 Å². The van der Waals surface area contributed by atoms with E-state index in [2.05, 4.69) is 57.6 Å². The molecule has 5 rings (SSSR count). The summed E-state index contributed by atoms with van der Waals surface area (Å²) < 4.78 is 12.7. The molecule has 2 N–H and O–H groups in total. The topological polar surface area (TPSA) is 96.8 Å².